The first kappa shape index (κ1) is 16.9. The van der Waals surface area contributed by atoms with Crippen LogP contribution in [-0.4, -0.2) is 22.9 Å². The molecule has 1 heterocycles. The molecule has 3 rings (SSSR count). The number of benzene rings is 1. The van der Waals surface area contributed by atoms with Crippen LogP contribution in [0.3, 0.4) is 0 Å². The minimum absolute atomic E-state index is 0.00975. The molecule has 0 aliphatic heterocycles. The molecule has 1 aliphatic carbocycles. The number of ether oxygens (including phenoxy) is 2. The lowest BCUT2D eigenvalue weighted by atomic mass is 9.54. The molecule has 0 saturated heterocycles. The number of hydrogen-bond donors (Lipinski definition) is 1. The van der Waals surface area contributed by atoms with E-state index >= 15 is 0 Å². The summed E-state index contributed by atoms with van der Waals surface area (Å²) in [6.45, 7) is 6.65. The maximum absolute atomic E-state index is 13.5. The van der Waals surface area contributed by atoms with E-state index in [4.69, 9.17) is 19.7 Å². The van der Waals surface area contributed by atoms with Gasteiger partial charge in [-0.2, -0.15) is 4.98 Å². The Morgan fingerprint density at radius 3 is 2.79 bits per heavy atom. The fourth-order valence-corrected chi connectivity index (χ4v) is 3.00. The van der Waals surface area contributed by atoms with Gasteiger partial charge in [-0.3, -0.25) is 0 Å². The van der Waals surface area contributed by atoms with Crippen LogP contribution in [0.1, 0.15) is 38.9 Å². The summed E-state index contributed by atoms with van der Waals surface area (Å²) in [7, 11) is 0. The quantitative estimate of drug-likeness (QED) is 0.874. The molecule has 2 unspecified atom stereocenters. The van der Waals surface area contributed by atoms with Crippen LogP contribution >= 0.6 is 0 Å². The molecule has 0 spiro atoms. The lowest BCUT2D eigenvalue weighted by molar-refractivity contribution is -0.162. The van der Waals surface area contributed by atoms with Crippen molar-refractivity contribution in [2.24, 2.45) is 11.1 Å². The molecule has 1 aromatic heterocycles. The Balaban J connectivity index is 1.69. The second kappa shape index (κ2) is 6.14. The monoisotopic (exact) mass is 335 g/mol. The standard InChI is InChI=1S/C17H22FN3O3/c1-4-22-13-9-17(19,16(13,2)3)15-20-14(21-24-15)10-23-12-8-6-5-7-11(12)18/h5-8,13H,4,9-10,19H2,1-3H3. The fraction of sp³-hybridized carbons (Fsp3) is 0.529. The van der Waals surface area contributed by atoms with Crippen molar-refractivity contribution >= 4 is 0 Å². The number of hydrogen-bond acceptors (Lipinski definition) is 6. The zero-order chi connectivity index (χ0) is 17.4. The molecule has 0 amide bonds. The molecule has 1 aromatic carbocycles. The molecule has 24 heavy (non-hydrogen) atoms. The second-order valence-corrected chi connectivity index (χ2v) is 6.58. The number of para-hydroxylation sites is 1. The van der Waals surface area contributed by atoms with Crippen molar-refractivity contribution < 1.29 is 18.4 Å². The molecule has 0 radical (unpaired) electrons. The number of nitrogens with two attached hydrogens (primary N) is 1. The van der Waals surface area contributed by atoms with Gasteiger partial charge in [0, 0.05) is 18.4 Å². The summed E-state index contributed by atoms with van der Waals surface area (Å²) in [4.78, 5) is 4.33. The maximum Gasteiger partial charge on any atom is 0.247 e. The summed E-state index contributed by atoms with van der Waals surface area (Å²) < 4.78 is 30.0. The van der Waals surface area contributed by atoms with Crippen molar-refractivity contribution in [3.05, 3.63) is 41.8 Å². The van der Waals surface area contributed by atoms with E-state index in [-0.39, 0.29) is 23.9 Å². The maximum atomic E-state index is 13.5. The van der Waals surface area contributed by atoms with Crippen molar-refractivity contribution in [2.45, 2.75) is 45.4 Å². The van der Waals surface area contributed by atoms with Crippen LogP contribution in [0.5, 0.6) is 5.75 Å². The molecule has 6 nitrogen and oxygen atoms in total. The van der Waals surface area contributed by atoms with E-state index in [9.17, 15) is 4.39 Å². The highest BCUT2D eigenvalue weighted by Gasteiger charge is 2.62. The molecule has 2 aromatic rings. The summed E-state index contributed by atoms with van der Waals surface area (Å²) in [6.07, 6.45) is 0.668. The van der Waals surface area contributed by atoms with Gasteiger partial charge >= 0.3 is 0 Å². The highest BCUT2D eigenvalue weighted by Crippen LogP contribution is 2.55. The van der Waals surface area contributed by atoms with Crippen LogP contribution in [0.2, 0.25) is 0 Å². The third kappa shape index (κ3) is 2.67. The van der Waals surface area contributed by atoms with E-state index < -0.39 is 11.4 Å². The zero-order valence-electron chi connectivity index (χ0n) is 14.1. The number of nitrogens with zero attached hydrogens (tertiary/aromatic N) is 2. The number of aromatic nitrogens is 2. The molecule has 0 bridgehead atoms. The second-order valence-electron chi connectivity index (χ2n) is 6.58. The highest BCUT2D eigenvalue weighted by molar-refractivity contribution is 5.24. The first-order valence-corrected chi connectivity index (χ1v) is 7.99. The minimum atomic E-state index is -0.740. The molecule has 1 saturated carbocycles. The van der Waals surface area contributed by atoms with E-state index in [1.54, 1.807) is 18.2 Å². The van der Waals surface area contributed by atoms with E-state index in [1.807, 2.05) is 20.8 Å². The van der Waals surface area contributed by atoms with Gasteiger partial charge in [-0.25, -0.2) is 4.39 Å². The number of rotatable bonds is 6. The topological polar surface area (TPSA) is 83.4 Å². The van der Waals surface area contributed by atoms with Gasteiger partial charge in [0.15, 0.2) is 18.2 Å². The summed E-state index contributed by atoms with van der Waals surface area (Å²) in [5.74, 6) is 0.396. The van der Waals surface area contributed by atoms with Crippen LogP contribution < -0.4 is 10.5 Å². The smallest absolute Gasteiger partial charge is 0.247 e. The number of halogens is 1. The molecular weight excluding hydrogens is 313 g/mol. The largest absolute Gasteiger partial charge is 0.482 e. The Morgan fingerprint density at radius 2 is 2.12 bits per heavy atom. The van der Waals surface area contributed by atoms with Crippen molar-refractivity contribution in [3.63, 3.8) is 0 Å². The minimum Gasteiger partial charge on any atom is -0.482 e. The zero-order valence-corrected chi connectivity index (χ0v) is 14.1. The van der Waals surface area contributed by atoms with Crippen LogP contribution in [-0.2, 0) is 16.9 Å². The first-order chi connectivity index (χ1) is 11.4. The average Bonchev–Trinajstić information content (AvgIpc) is 3.03. The molecule has 7 heteroatoms. The Morgan fingerprint density at radius 1 is 1.38 bits per heavy atom. The van der Waals surface area contributed by atoms with E-state index in [1.165, 1.54) is 6.07 Å². The highest BCUT2D eigenvalue weighted by atomic mass is 19.1. The summed E-state index contributed by atoms with van der Waals surface area (Å²) >= 11 is 0. The molecule has 130 valence electrons. The molecule has 2 N–H and O–H groups in total. The molecule has 1 fully saturated rings. The summed E-state index contributed by atoms with van der Waals surface area (Å²) in [6, 6.07) is 6.17. The normalized spacial score (nSPS) is 25.3. The van der Waals surface area contributed by atoms with Gasteiger partial charge in [-0.05, 0) is 19.1 Å². The van der Waals surface area contributed by atoms with Gasteiger partial charge in [0.05, 0.1) is 6.10 Å². The van der Waals surface area contributed by atoms with Gasteiger partial charge in [-0.1, -0.05) is 31.1 Å². The van der Waals surface area contributed by atoms with Gasteiger partial charge in [0.1, 0.15) is 5.54 Å². The van der Waals surface area contributed by atoms with Crippen LogP contribution in [0.25, 0.3) is 0 Å². The predicted molar refractivity (Wildman–Crippen MR) is 84.7 cm³/mol. The summed E-state index contributed by atoms with van der Waals surface area (Å²) in [5.41, 5.74) is 5.43. The van der Waals surface area contributed by atoms with Crippen molar-refractivity contribution in [3.8, 4) is 5.75 Å². The first-order valence-electron chi connectivity index (χ1n) is 7.99. The van der Waals surface area contributed by atoms with Gasteiger partial charge in [-0.15, -0.1) is 0 Å². The Hall–Kier alpha value is -1.99. The Bertz CT molecular complexity index is 719. The van der Waals surface area contributed by atoms with Crippen molar-refractivity contribution in [1.29, 1.82) is 0 Å². The van der Waals surface area contributed by atoms with Crippen LogP contribution in [0, 0.1) is 11.2 Å². The average molecular weight is 335 g/mol. The lowest BCUT2D eigenvalue weighted by Gasteiger charge is -2.56. The van der Waals surface area contributed by atoms with Crippen molar-refractivity contribution in [1.82, 2.24) is 10.1 Å². The Labute approximate surface area is 140 Å². The van der Waals surface area contributed by atoms with Crippen LogP contribution in [0.4, 0.5) is 4.39 Å². The van der Waals surface area contributed by atoms with Crippen molar-refractivity contribution in [2.75, 3.05) is 6.61 Å². The van der Waals surface area contributed by atoms with Crippen LogP contribution in [0.15, 0.2) is 28.8 Å². The van der Waals surface area contributed by atoms with Gasteiger partial charge < -0.3 is 19.7 Å². The lowest BCUT2D eigenvalue weighted by Crippen LogP contribution is -2.67. The predicted octanol–water partition coefficient (Wildman–Crippen LogP) is 2.78. The third-order valence-electron chi connectivity index (χ3n) is 4.87. The third-order valence-corrected chi connectivity index (χ3v) is 4.87. The molecule has 1 aliphatic rings. The molecular formula is C17H22FN3O3. The van der Waals surface area contributed by atoms with Gasteiger partial charge in [0.25, 0.3) is 0 Å². The van der Waals surface area contributed by atoms with E-state index in [0.29, 0.717) is 24.7 Å². The van der Waals surface area contributed by atoms with E-state index in [0.717, 1.165) is 0 Å². The van der Waals surface area contributed by atoms with Gasteiger partial charge in [0.2, 0.25) is 11.7 Å². The van der Waals surface area contributed by atoms with E-state index in [2.05, 4.69) is 10.1 Å². The molecule has 2 atom stereocenters. The SMILES string of the molecule is CCOC1CC(N)(c2nc(COc3ccccc3F)no2)C1(C)C. The summed E-state index contributed by atoms with van der Waals surface area (Å²) in [5, 5.41) is 3.89. The Kier molecular flexibility index (Phi) is 4.31. The fourth-order valence-electron chi connectivity index (χ4n) is 3.00.